The summed E-state index contributed by atoms with van der Waals surface area (Å²) < 4.78 is 69.5. The van der Waals surface area contributed by atoms with Crippen molar-refractivity contribution in [2.24, 2.45) is 0 Å². The molecule has 3 N–H and O–H groups in total. The van der Waals surface area contributed by atoms with Gasteiger partial charge in [-0.15, -0.1) is 20.4 Å². The Bertz CT molecular complexity index is 2490. The van der Waals surface area contributed by atoms with Gasteiger partial charge < -0.3 is 10.2 Å². The highest BCUT2D eigenvalue weighted by molar-refractivity contribution is 7.86. The number of amides is 1. The van der Waals surface area contributed by atoms with Gasteiger partial charge in [0.05, 0.1) is 15.2 Å². The van der Waals surface area contributed by atoms with Gasteiger partial charge in [-0.1, -0.05) is 50.6 Å². The molecule has 0 spiro atoms. The number of nitrogens with zero attached hydrogens (tertiary/aromatic N) is 6. The first-order valence-electron chi connectivity index (χ1n) is 18.2. The number of aromatic nitrogens is 4. The van der Waals surface area contributed by atoms with Crippen molar-refractivity contribution in [3.63, 3.8) is 0 Å². The first kappa shape index (κ1) is 40.5. The minimum atomic E-state index is -4.43. The minimum Gasteiger partial charge on any atom is -0.352 e. The Kier molecular flexibility index (Phi) is 11.1. The van der Waals surface area contributed by atoms with E-state index >= 15 is 0 Å². The smallest absolute Gasteiger partial charge is 0.294 e. The van der Waals surface area contributed by atoms with Crippen molar-refractivity contribution in [3.05, 3.63) is 107 Å². The number of unbranched alkanes of at least 4 members (excludes halogenated alkanes) is 2. The van der Waals surface area contributed by atoms with Gasteiger partial charge in [-0.25, -0.2) is 0 Å². The number of anilines is 1. The summed E-state index contributed by atoms with van der Waals surface area (Å²) in [6.07, 6.45) is 8.49. The maximum absolute atomic E-state index is 12.7. The van der Waals surface area contributed by atoms with E-state index in [9.17, 15) is 30.7 Å². The van der Waals surface area contributed by atoms with Crippen molar-refractivity contribution < 1.29 is 35.3 Å². The van der Waals surface area contributed by atoms with E-state index in [-0.39, 0.29) is 15.7 Å². The Morgan fingerprint density at radius 1 is 0.821 bits per heavy atom. The fourth-order valence-corrected chi connectivity index (χ4v) is 8.46. The molecular formula is C40H46N7O7S2+. The maximum Gasteiger partial charge on any atom is 0.294 e. The third kappa shape index (κ3) is 8.33. The Morgan fingerprint density at radius 2 is 1.45 bits per heavy atom. The van der Waals surface area contributed by atoms with Crippen LogP contribution < -0.4 is 10.2 Å². The number of hydrogen-bond donors (Lipinski definition) is 3. The molecule has 0 saturated heterocycles. The van der Waals surface area contributed by atoms with Crippen LogP contribution in [-0.2, 0) is 42.4 Å². The molecule has 0 aliphatic carbocycles. The molecule has 0 unspecified atom stereocenters. The normalized spacial score (nSPS) is 16.8. The molecule has 1 amide bonds. The van der Waals surface area contributed by atoms with Gasteiger partial charge in [-0.3, -0.25) is 13.9 Å². The second kappa shape index (κ2) is 15.4. The van der Waals surface area contributed by atoms with Gasteiger partial charge in [0, 0.05) is 59.6 Å². The number of nitrogens with one attached hydrogen (secondary N) is 1. The zero-order chi connectivity index (χ0) is 40.6. The molecule has 3 aromatic carbocycles. The number of fused-ring (bicyclic) bond motifs is 2. The number of rotatable bonds is 13. The van der Waals surface area contributed by atoms with E-state index in [0.29, 0.717) is 37.6 Å². The van der Waals surface area contributed by atoms with Gasteiger partial charge in [-0.05, 0) is 81.1 Å². The van der Waals surface area contributed by atoms with Gasteiger partial charge in [-0.2, -0.15) is 21.4 Å². The number of aryl methyl sites for hydroxylation is 1. The molecule has 4 aromatic rings. The van der Waals surface area contributed by atoms with Crippen LogP contribution in [0.5, 0.6) is 0 Å². The van der Waals surface area contributed by atoms with Crippen LogP contribution in [0.15, 0.2) is 94.4 Å². The molecule has 0 bridgehead atoms. The topological polar surface area (TPSA) is 196 Å². The summed E-state index contributed by atoms with van der Waals surface area (Å²) in [5.41, 5.74) is 5.53. The van der Waals surface area contributed by atoms with Crippen LogP contribution in [0.2, 0.25) is 0 Å². The number of carbonyl (C=O) groups excluding carboxylic acids is 1. The van der Waals surface area contributed by atoms with E-state index in [1.165, 1.54) is 24.3 Å². The van der Waals surface area contributed by atoms with Crippen molar-refractivity contribution in [2.75, 3.05) is 18.5 Å². The summed E-state index contributed by atoms with van der Waals surface area (Å²) in [6.45, 7) is 10.7. The standard InChI is InChI=1S/C40H45N7O7S2/c1-26-42-44-38(45-43-26)28-16-14-27(15-17-28)25-41-37(48)13-8-7-9-22-47-34-21-19-30(56(52,53)54)24-32(34)40(4,5)36(47)12-10-11-35-39(2,3)31-23-29(55(49,50)51)18-20-33(31)46(35)6/h10-12,14-21,23-24H,7-9,13,22,25H2,1-6H3,(H2-,41,48,49,50,51,52,53,54)/p+1. The van der Waals surface area contributed by atoms with Gasteiger partial charge in [0.1, 0.15) is 7.05 Å². The van der Waals surface area contributed by atoms with Crippen molar-refractivity contribution >= 4 is 43.2 Å². The number of benzene rings is 3. The lowest BCUT2D eigenvalue weighted by molar-refractivity contribution is -0.401. The van der Waals surface area contributed by atoms with Crippen molar-refractivity contribution in [1.82, 2.24) is 25.7 Å². The van der Waals surface area contributed by atoms with E-state index in [1.54, 1.807) is 19.1 Å². The molecule has 2 aliphatic heterocycles. The predicted octanol–water partition coefficient (Wildman–Crippen LogP) is 5.86. The van der Waals surface area contributed by atoms with Gasteiger partial charge in [0.2, 0.25) is 17.4 Å². The Morgan fingerprint density at radius 3 is 2.09 bits per heavy atom. The second-order valence-corrected chi connectivity index (χ2v) is 18.0. The Labute approximate surface area is 327 Å². The molecule has 6 rings (SSSR count). The first-order chi connectivity index (χ1) is 26.3. The summed E-state index contributed by atoms with van der Waals surface area (Å²) in [5, 5.41) is 19.0. The number of hydrogen-bond acceptors (Lipinski definition) is 10. The van der Waals surface area contributed by atoms with Crippen LogP contribution in [-0.4, -0.2) is 76.1 Å². The van der Waals surface area contributed by atoms with E-state index in [4.69, 9.17) is 0 Å². The summed E-state index contributed by atoms with van der Waals surface area (Å²) in [7, 11) is -6.90. The maximum atomic E-state index is 12.7. The van der Waals surface area contributed by atoms with Crippen molar-refractivity contribution in [1.29, 1.82) is 0 Å². The van der Waals surface area contributed by atoms with Crippen LogP contribution in [0.25, 0.3) is 11.4 Å². The van der Waals surface area contributed by atoms with E-state index in [2.05, 4.69) is 30.6 Å². The molecule has 3 heterocycles. The van der Waals surface area contributed by atoms with Gasteiger partial charge in [0.25, 0.3) is 20.2 Å². The van der Waals surface area contributed by atoms with E-state index < -0.39 is 31.1 Å². The molecule has 2 aliphatic rings. The Balaban J connectivity index is 1.12. The lowest BCUT2D eigenvalue weighted by Gasteiger charge is -2.27. The monoisotopic (exact) mass is 800 g/mol. The van der Waals surface area contributed by atoms with E-state index in [0.717, 1.165) is 57.9 Å². The lowest BCUT2D eigenvalue weighted by Crippen LogP contribution is -2.28. The molecule has 56 heavy (non-hydrogen) atoms. The summed E-state index contributed by atoms with van der Waals surface area (Å²) in [6, 6.07) is 16.8. The third-order valence-electron chi connectivity index (χ3n) is 10.5. The fourth-order valence-electron chi connectivity index (χ4n) is 7.45. The molecule has 0 fully saturated rings. The molecule has 0 atom stereocenters. The highest BCUT2D eigenvalue weighted by Gasteiger charge is 2.44. The highest BCUT2D eigenvalue weighted by Crippen LogP contribution is 2.49. The molecule has 294 valence electrons. The number of carbonyl (C=O) groups is 1. The molecule has 1 aromatic heterocycles. The second-order valence-electron chi connectivity index (χ2n) is 15.1. The fraction of sp³-hybridized carbons (Fsp3) is 0.350. The summed E-state index contributed by atoms with van der Waals surface area (Å²) >= 11 is 0. The Hall–Kier alpha value is -5.16. The van der Waals surface area contributed by atoms with Crippen molar-refractivity contribution in [3.8, 4) is 11.4 Å². The third-order valence-corrected chi connectivity index (χ3v) is 12.2. The molecular weight excluding hydrogens is 755 g/mol. The average Bonchev–Trinajstić information content (AvgIpc) is 3.47. The quantitative estimate of drug-likeness (QED) is 0.0830. The first-order valence-corrected chi connectivity index (χ1v) is 21.1. The van der Waals surface area contributed by atoms with Crippen LogP contribution >= 0.6 is 0 Å². The van der Waals surface area contributed by atoms with Gasteiger partial charge in [0.15, 0.2) is 11.5 Å². The summed E-state index contributed by atoms with van der Waals surface area (Å²) in [5.74, 6) is 0.879. The van der Waals surface area contributed by atoms with Crippen molar-refractivity contribution in [2.45, 2.75) is 87.5 Å². The largest absolute Gasteiger partial charge is 0.352 e. The predicted molar refractivity (Wildman–Crippen MR) is 212 cm³/mol. The van der Waals surface area contributed by atoms with Crippen LogP contribution in [0.1, 0.15) is 75.9 Å². The zero-order valence-corrected chi connectivity index (χ0v) is 33.8. The molecule has 16 heteroatoms. The average molecular weight is 801 g/mol. The van der Waals surface area contributed by atoms with Crippen LogP contribution in [0.4, 0.5) is 11.4 Å². The van der Waals surface area contributed by atoms with Crippen LogP contribution in [0.3, 0.4) is 0 Å². The SMILES string of the molecule is Cc1nnc(-c2ccc(CNC(=O)CCCCCN3C(=CC=CC4=[N+](C)c5ccc(S(=O)(=O)O)cc5C4(C)C)C(C)(C)c4cc(S(=O)(=O)O)ccc43)cc2)nn1. The highest BCUT2D eigenvalue weighted by atomic mass is 32.2. The zero-order valence-electron chi connectivity index (χ0n) is 32.2. The van der Waals surface area contributed by atoms with E-state index in [1.807, 2.05) is 81.8 Å². The molecule has 0 saturated carbocycles. The van der Waals surface area contributed by atoms with Gasteiger partial charge >= 0.3 is 0 Å². The summed E-state index contributed by atoms with van der Waals surface area (Å²) in [4.78, 5) is 14.5. The number of allylic oxidation sites excluding steroid dienone is 4. The lowest BCUT2D eigenvalue weighted by atomic mass is 9.81. The minimum absolute atomic E-state index is 0.0471. The molecule has 0 radical (unpaired) electrons. The van der Waals surface area contributed by atoms with Crippen LogP contribution in [0, 0.1) is 6.92 Å². The molecule has 14 nitrogen and oxygen atoms in total.